The zero-order valence-corrected chi connectivity index (χ0v) is 10.8. The second-order valence-corrected chi connectivity index (χ2v) is 4.47. The molecule has 0 saturated carbocycles. The van der Waals surface area contributed by atoms with E-state index in [9.17, 15) is 22.0 Å². The maximum atomic E-state index is 12.6. The molecule has 1 nitrogen and oxygen atoms in total. The molecule has 0 aromatic heterocycles. The maximum Gasteiger partial charge on any atom is 0.416 e. The quantitative estimate of drug-likeness (QED) is 0.760. The van der Waals surface area contributed by atoms with Gasteiger partial charge in [0.25, 0.3) is 6.43 Å². The van der Waals surface area contributed by atoms with Crippen molar-refractivity contribution in [1.29, 1.82) is 0 Å². The first-order chi connectivity index (χ1) is 9.86. The Morgan fingerprint density at radius 3 is 2.19 bits per heavy atom. The molecule has 0 radical (unpaired) electrons. The van der Waals surface area contributed by atoms with Gasteiger partial charge in [-0.1, -0.05) is 30.3 Å². The summed E-state index contributed by atoms with van der Waals surface area (Å²) in [6.07, 6.45) is -6.92. The number of halogens is 5. The fraction of sp³-hybridized carbons (Fsp3) is 0.200. The summed E-state index contributed by atoms with van der Waals surface area (Å²) in [6.45, 7) is 0.255. The van der Waals surface area contributed by atoms with Crippen molar-refractivity contribution in [2.24, 2.45) is 0 Å². The summed E-state index contributed by atoms with van der Waals surface area (Å²) >= 11 is 0. The van der Waals surface area contributed by atoms with E-state index in [4.69, 9.17) is 0 Å². The van der Waals surface area contributed by atoms with Crippen LogP contribution in [0.3, 0.4) is 0 Å². The molecule has 0 heterocycles. The van der Waals surface area contributed by atoms with Crippen molar-refractivity contribution in [3.05, 3.63) is 65.2 Å². The van der Waals surface area contributed by atoms with E-state index in [1.807, 2.05) is 0 Å². The summed E-state index contributed by atoms with van der Waals surface area (Å²) in [5, 5.41) is 2.83. The van der Waals surface area contributed by atoms with E-state index in [2.05, 4.69) is 5.32 Å². The van der Waals surface area contributed by atoms with Crippen LogP contribution in [0, 0.1) is 0 Å². The van der Waals surface area contributed by atoms with Crippen LogP contribution >= 0.6 is 0 Å². The van der Waals surface area contributed by atoms with Crippen LogP contribution in [0.2, 0.25) is 0 Å². The molecular formula is C15H12F5N. The minimum Gasteiger partial charge on any atom is -0.381 e. The Morgan fingerprint density at radius 2 is 1.62 bits per heavy atom. The number of hydrogen-bond acceptors (Lipinski definition) is 1. The van der Waals surface area contributed by atoms with Crippen LogP contribution in [-0.4, -0.2) is 0 Å². The molecule has 0 atom stereocenters. The molecule has 0 aliphatic carbocycles. The fourth-order valence-corrected chi connectivity index (χ4v) is 1.79. The van der Waals surface area contributed by atoms with Crippen LogP contribution in [-0.2, 0) is 12.7 Å². The third-order valence-corrected chi connectivity index (χ3v) is 2.92. The smallest absolute Gasteiger partial charge is 0.381 e. The first-order valence-electron chi connectivity index (χ1n) is 6.14. The Bertz CT molecular complexity index is 590. The summed E-state index contributed by atoms with van der Waals surface area (Å²) in [5.74, 6) is 0. The van der Waals surface area contributed by atoms with Crippen LogP contribution in [0.1, 0.15) is 23.1 Å². The lowest BCUT2D eigenvalue weighted by atomic mass is 10.1. The van der Waals surface area contributed by atoms with E-state index >= 15 is 0 Å². The van der Waals surface area contributed by atoms with Crippen molar-refractivity contribution in [3.63, 3.8) is 0 Å². The van der Waals surface area contributed by atoms with Crippen molar-refractivity contribution in [2.45, 2.75) is 19.1 Å². The Balaban J connectivity index is 2.03. The Morgan fingerprint density at radius 1 is 0.952 bits per heavy atom. The van der Waals surface area contributed by atoms with Gasteiger partial charge in [-0.15, -0.1) is 0 Å². The molecule has 21 heavy (non-hydrogen) atoms. The molecule has 0 aliphatic rings. The molecule has 2 aromatic carbocycles. The standard InChI is InChI=1S/C15H12F5N/c16-14(17)11-6-4-10(5-7-11)9-21-13-3-1-2-12(8-13)15(18,19)20/h1-8,14,21H,9H2. The summed E-state index contributed by atoms with van der Waals surface area (Å²) in [5.41, 5.74) is 0.206. The summed E-state index contributed by atoms with van der Waals surface area (Å²) in [6, 6.07) is 10.5. The Kier molecular flexibility index (Phi) is 4.45. The topological polar surface area (TPSA) is 12.0 Å². The number of nitrogens with one attached hydrogen (secondary N) is 1. The van der Waals surface area contributed by atoms with Gasteiger partial charge in [-0.2, -0.15) is 13.2 Å². The highest BCUT2D eigenvalue weighted by molar-refractivity contribution is 5.47. The third kappa shape index (κ3) is 4.18. The summed E-state index contributed by atoms with van der Waals surface area (Å²) in [4.78, 5) is 0. The Hall–Kier alpha value is -2.11. The predicted octanol–water partition coefficient (Wildman–Crippen LogP) is 5.26. The van der Waals surface area contributed by atoms with E-state index in [1.165, 1.54) is 36.4 Å². The van der Waals surface area contributed by atoms with Crippen LogP contribution < -0.4 is 5.32 Å². The predicted molar refractivity (Wildman–Crippen MR) is 70.2 cm³/mol. The highest BCUT2D eigenvalue weighted by atomic mass is 19.4. The van der Waals surface area contributed by atoms with Gasteiger partial charge in [-0.3, -0.25) is 0 Å². The first-order valence-corrected chi connectivity index (χ1v) is 6.14. The van der Waals surface area contributed by atoms with Crippen molar-refractivity contribution < 1.29 is 22.0 Å². The molecule has 0 amide bonds. The van der Waals surface area contributed by atoms with Crippen LogP contribution in [0.15, 0.2) is 48.5 Å². The number of benzene rings is 2. The highest BCUT2D eigenvalue weighted by Gasteiger charge is 2.30. The van der Waals surface area contributed by atoms with Gasteiger partial charge < -0.3 is 5.32 Å². The van der Waals surface area contributed by atoms with E-state index < -0.39 is 18.2 Å². The second-order valence-electron chi connectivity index (χ2n) is 4.47. The fourth-order valence-electron chi connectivity index (χ4n) is 1.79. The van der Waals surface area contributed by atoms with Gasteiger partial charge in [0.15, 0.2) is 0 Å². The van der Waals surface area contributed by atoms with Gasteiger partial charge in [0.05, 0.1) is 5.56 Å². The minimum atomic E-state index is -4.39. The lowest BCUT2D eigenvalue weighted by Gasteiger charge is -2.11. The summed E-state index contributed by atoms with van der Waals surface area (Å²) in [7, 11) is 0. The molecule has 0 saturated heterocycles. The van der Waals surface area contributed by atoms with E-state index in [1.54, 1.807) is 0 Å². The van der Waals surface area contributed by atoms with Crippen LogP contribution in [0.25, 0.3) is 0 Å². The molecule has 2 rings (SSSR count). The van der Waals surface area contributed by atoms with Gasteiger partial charge in [0.1, 0.15) is 0 Å². The molecule has 6 heteroatoms. The van der Waals surface area contributed by atoms with Crippen molar-refractivity contribution in [1.82, 2.24) is 0 Å². The van der Waals surface area contributed by atoms with Crippen LogP contribution in [0.5, 0.6) is 0 Å². The number of hydrogen-bond donors (Lipinski definition) is 1. The highest BCUT2D eigenvalue weighted by Crippen LogP contribution is 2.30. The molecule has 0 aliphatic heterocycles. The number of anilines is 1. The molecular weight excluding hydrogens is 289 g/mol. The molecule has 0 unspecified atom stereocenters. The average Bonchev–Trinajstić information content (AvgIpc) is 2.45. The van der Waals surface area contributed by atoms with Crippen LogP contribution in [0.4, 0.5) is 27.6 Å². The van der Waals surface area contributed by atoms with Crippen molar-refractivity contribution >= 4 is 5.69 Å². The van der Waals surface area contributed by atoms with Crippen molar-refractivity contribution in [2.75, 3.05) is 5.32 Å². The second kappa shape index (κ2) is 6.11. The van der Waals surface area contributed by atoms with E-state index in [0.717, 1.165) is 12.1 Å². The summed E-state index contributed by atoms with van der Waals surface area (Å²) < 4.78 is 62.4. The van der Waals surface area contributed by atoms with Gasteiger partial charge in [0, 0.05) is 17.8 Å². The molecule has 1 N–H and O–H groups in total. The lowest BCUT2D eigenvalue weighted by molar-refractivity contribution is -0.137. The Labute approximate surface area is 118 Å². The minimum absolute atomic E-state index is 0.0854. The maximum absolute atomic E-state index is 12.6. The average molecular weight is 301 g/mol. The van der Waals surface area contributed by atoms with E-state index in [-0.39, 0.29) is 12.1 Å². The zero-order valence-electron chi connectivity index (χ0n) is 10.8. The lowest BCUT2D eigenvalue weighted by Crippen LogP contribution is -2.06. The zero-order chi connectivity index (χ0) is 15.5. The third-order valence-electron chi connectivity index (χ3n) is 2.92. The van der Waals surface area contributed by atoms with Gasteiger partial charge >= 0.3 is 6.18 Å². The van der Waals surface area contributed by atoms with Gasteiger partial charge in [0.2, 0.25) is 0 Å². The molecule has 0 spiro atoms. The number of rotatable bonds is 4. The molecule has 0 bridgehead atoms. The van der Waals surface area contributed by atoms with Gasteiger partial charge in [-0.25, -0.2) is 8.78 Å². The molecule has 0 fully saturated rings. The first kappa shape index (κ1) is 15.3. The largest absolute Gasteiger partial charge is 0.416 e. The number of alkyl halides is 5. The molecule has 2 aromatic rings. The van der Waals surface area contributed by atoms with Crippen molar-refractivity contribution in [3.8, 4) is 0 Å². The van der Waals surface area contributed by atoms with E-state index in [0.29, 0.717) is 11.3 Å². The normalized spacial score (nSPS) is 11.7. The SMILES string of the molecule is FC(F)c1ccc(CNc2cccc(C(F)(F)F)c2)cc1. The molecule has 112 valence electrons. The monoisotopic (exact) mass is 301 g/mol. The van der Waals surface area contributed by atoms with Gasteiger partial charge in [-0.05, 0) is 23.8 Å².